The van der Waals surface area contributed by atoms with Crippen LogP contribution >= 0.6 is 11.8 Å². The van der Waals surface area contributed by atoms with E-state index in [9.17, 15) is 29.6 Å². The van der Waals surface area contributed by atoms with Crippen LogP contribution < -0.4 is 0 Å². The zero-order valence-electron chi connectivity index (χ0n) is 15.2. The van der Waals surface area contributed by atoms with Crippen molar-refractivity contribution >= 4 is 40.6 Å². The molecule has 2 aliphatic heterocycles. The van der Waals surface area contributed by atoms with Crippen LogP contribution in [0.25, 0.3) is 6.08 Å². The lowest BCUT2D eigenvalue weighted by atomic mass is 10.0. The number of phenols is 1. The van der Waals surface area contributed by atoms with Crippen LogP contribution in [0.1, 0.15) is 31.7 Å². The Labute approximate surface area is 165 Å². The highest BCUT2D eigenvalue weighted by Gasteiger charge is 2.38. The summed E-state index contributed by atoms with van der Waals surface area (Å²) in [6.07, 6.45) is 4.18. The third kappa shape index (κ3) is 4.01. The molecule has 0 radical (unpaired) electrons. The molecule has 0 aromatic heterocycles. The normalized spacial score (nSPS) is 21.5. The van der Waals surface area contributed by atoms with Crippen LogP contribution in [0.15, 0.2) is 23.1 Å². The molecule has 0 spiro atoms. The first-order valence-electron chi connectivity index (χ1n) is 8.80. The van der Waals surface area contributed by atoms with Gasteiger partial charge in [-0.2, -0.15) is 0 Å². The van der Waals surface area contributed by atoms with E-state index in [4.69, 9.17) is 0 Å². The molecule has 148 valence electrons. The number of phenolic OH excluding ortho intramolecular Hbond substituents is 1. The maximum atomic E-state index is 12.6. The van der Waals surface area contributed by atoms with Crippen molar-refractivity contribution in [3.63, 3.8) is 0 Å². The molecule has 3 rings (SSSR count). The first kappa shape index (κ1) is 19.9. The fraction of sp³-hybridized carbons (Fsp3) is 0.389. The van der Waals surface area contributed by atoms with E-state index < -0.39 is 27.5 Å². The molecule has 0 aliphatic carbocycles. The number of nitro groups is 1. The molecule has 2 heterocycles. The lowest BCUT2D eigenvalue weighted by molar-refractivity contribution is -0.385. The van der Waals surface area contributed by atoms with Crippen LogP contribution in [-0.4, -0.2) is 56.0 Å². The molecule has 1 atom stereocenters. The number of rotatable bonds is 4. The molecule has 0 unspecified atom stereocenters. The Morgan fingerprint density at radius 3 is 2.82 bits per heavy atom. The molecule has 0 bridgehead atoms. The molecule has 2 fully saturated rings. The number of carbonyl (C=O) groups excluding carboxylic acids is 3. The van der Waals surface area contributed by atoms with Crippen molar-refractivity contribution < 1.29 is 24.4 Å². The number of nitrogens with zero attached hydrogens (tertiary/aromatic N) is 3. The number of aromatic hydroxyl groups is 1. The number of likely N-dealkylation sites (tertiary alicyclic amines) is 1. The van der Waals surface area contributed by atoms with Gasteiger partial charge in [0.2, 0.25) is 5.91 Å². The van der Waals surface area contributed by atoms with E-state index in [1.54, 1.807) is 4.90 Å². The van der Waals surface area contributed by atoms with Crippen molar-refractivity contribution in [2.24, 2.45) is 0 Å². The Morgan fingerprint density at radius 1 is 1.39 bits per heavy atom. The summed E-state index contributed by atoms with van der Waals surface area (Å²) in [5.41, 5.74) is -0.201. The van der Waals surface area contributed by atoms with Crippen LogP contribution in [-0.2, 0) is 9.59 Å². The predicted octanol–water partition coefficient (Wildman–Crippen LogP) is 2.74. The predicted molar refractivity (Wildman–Crippen MR) is 102 cm³/mol. The van der Waals surface area contributed by atoms with Gasteiger partial charge < -0.3 is 10.0 Å². The second-order valence-electron chi connectivity index (χ2n) is 6.71. The molecule has 2 saturated heterocycles. The Bertz CT molecular complexity index is 884. The summed E-state index contributed by atoms with van der Waals surface area (Å²) in [5.74, 6) is -1.36. The molecular weight excluding hydrogens is 386 g/mol. The number of hydrogen-bond donors (Lipinski definition) is 1. The number of carbonyl (C=O) groups is 3. The fourth-order valence-corrected chi connectivity index (χ4v) is 4.10. The molecule has 28 heavy (non-hydrogen) atoms. The summed E-state index contributed by atoms with van der Waals surface area (Å²) in [6, 6.07) is 3.74. The third-order valence-electron chi connectivity index (χ3n) is 4.78. The molecule has 0 saturated carbocycles. The largest absolute Gasteiger partial charge is 0.502 e. The topological polar surface area (TPSA) is 121 Å². The van der Waals surface area contributed by atoms with Crippen LogP contribution in [0, 0.1) is 10.1 Å². The lowest BCUT2D eigenvalue weighted by Gasteiger charge is -2.34. The second kappa shape index (κ2) is 8.01. The van der Waals surface area contributed by atoms with Gasteiger partial charge in [-0.3, -0.25) is 29.4 Å². The van der Waals surface area contributed by atoms with Crippen molar-refractivity contribution in [2.45, 2.75) is 32.2 Å². The molecule has 1 aromatic rings. The minimum Gasteiger partial charge on any atom is -0.502 e. The number of benzene rings is 1. The van der Waals surface area contributed by atoms with Crippen molar-refractivity contribution in [3.05, 3.63) is 38.8 Å². The SMILES string of the molecule is C[C@@H]1CCCCN1C(=O)CN1C(=O)S/C(=C\c2ccc(O)c([N+](=O)[O-])c2)C1=O. The van der Waals surface area contributed by atoms with E-state index in [0.717, 1.165) is 36.3 Å². The minimum absolute atomic E-state index is 0.0736. The molecule has 10 heteroatoms. The number of piperidine rings is 1. The summed E-state index contributed by atoms with van der Waals surface area (Å²) in [6.45, 7) is 2.24. The second-order valence-corrected chi connectivity index (χ2v) is 7.70. The van der Waals surface area contributed by atoms with Gasteiger partial charge in [-0.1, -0.05) is 6.07 Å². The molecule has 1 N–H and O–H groups in total. The number of hydrogen-bond acceptors (Lipinski definition) is 7. The van der Waals surface area contributed by atoms with E-state index in [1.165, 1.54) is 12.1 Å². The Kier molecular flexibility index (Phi) is 5.68. The average molecular weight is 405 g/mol. The Morgan fingerprint density at radius 2 is 2.14 bits per heavy atom. The van der Waals surface area contributed by atoms with Crippen LogP contribution in [0.2, 0.25) is 0 Å². The van der Waals surface area contributed by atoms with Gasteiger partial charge in [0, 0.05) is 18.7 Å². The van der Waals surface area contributed by atoms with Gasteiger partial charge in [0.1, 0.15) is 6.54 Å². The van der Waals surface area contributed by atoms with Crippen molar-refractivity contribution in [2.75, 3.05) is 13.1 Å². The van der Waals surface area contributed by atoms with E-state index in [-0.39, 0.29) is 23.4 Å². The van der Waals surface area contributed by atoms with Crippen LogP contribution in [0.3, 0.4) is 0 Å². The smallest absolute Gasteiger partial charge is 0.311 e. The first-order valence-corrected chi connectivity index (χ1v) is 9.62. The zero-order chi connectivity index (χ0) is 20.4. The van der Waals surface area contributed by atoms with Crippen molar-refractivity contribution in [1.82, 2.24) is 9.80 Å². The van der Waals surface area contributed by atoms with Gasteiger partial charge in [-0.05, 0) is 55.7 Å². The Balaban J connectivity index is 1.76. The van der Waals surface area contributed by atoms with E-state index in [0.29, 0.717) is 23.9 Å². The highest BCUT2D eigenvalue weighted by atomic mass is 32.2. The van der Waals surface area contributed by atoms with Crippen molar-refractivity contribution in [1.29, 1.82) is 0 Å². The number of thioether (sulfide) groups is 1. The molecule has 9 nitrogen and oxygen atoms in total. The fourth-order valence-electron chi connectivity index (χ4n) is 3.26. The summed E-state index contributed by atoms with van der Waals surface area (Å²) in [5, 5.41) is 19.9. The van der Waals surface area contributed by atoms with Gasteiger partial charge in [-0.25, -0.2) is 0 Å². The summed E-state index contributed by atoms with van der Waals surface area (Å²) >= 11 is 0.680. The summed E-state index contributed by atoms with van der Waals surface area (Å²) in [4.78, 5) is 50.2. The molecule has 3 amide bonds. The molecule has 2 aliphatic rings. The van der Waals surface area contributed by atoms with Gasteiger partial charge >= 0.3 is 5.69 Å². The molecule has 1 aromatic carbocycles. The number of imide groups is 1. The standard InChI is InChI=1S/C18H19N3O6S/c1-11-4-2-3-7-19(11)16(23)10-20-17(24)15(28-18(20)25)9-12-5-6-14(22)13(8-12)21(26)27/h5-6,8-9,11,22H,2-4,7,10H2,1H3/b15-9-/t11-/m1/s1. The van der Waals surface area contributed by atoms with E-state index in [2.05, 4.69) is 0 Å². The minimum atomic E-state index is -0.739. The van der Waals surface area contributed by atoms with Crippen LogP contribution in [0.4, 0.5) is 10.5 Å². The lowest BCUT2D eigenvalue weighted by Crippen LogP contribution is -2.47. The highest BCUT2D eigenvalue weighted by Crippen LogP contribution is 2.34. The maximum Gasteiger partial charge on any atom is 0.311 e. The van der Waals surface area contributed by atoms with Gasteiger partial charge in [0.25, 0.3) is 11.1 Å². The highest BCUT2D eigenvalue weighted by molar-refractivity contribution is 8.18. The zero-order valence-corrected chi connectivity index (χ0v) is 16.0. The first-order chi connectivity index (χ1) is 13.3. The number of amides is 3. The van der Waals surface area contributed by atoms with E-state index >= 15 is 0 Å². The van der Waals surface area contributed by atoms with Gasteiger partial charge in [0.15, 0.2) is 5.75 Å². The quantitative estimate of drug-likeness (QED) is 0.464. The van der Waals surface area contributed by atoms with Crippen molar-refractivity contribution in [3.8, 4) is 5.75 Å². The summed E-state index contributed by atoms with van der Waals surface area (Å²) < 4.78 is 0. The van der Waals surface area contributed by atoms with Gasteiger partial charge in [-0.15, -0.1) is 0 Å². The monoisotopic (exact) mass is 405 g/mol. The Hall–Kier alpha value is -2.88. The van der Waals surface area contributed by atoms with E-state index in [1.807, 2.05) is 6.92 Å². The van der Waals surface area contributed by atoms with Crippen LogP contribution in [0.5, 0.6) is 5.75 Å². The number of nitro benzene ring substituents is 1. The maximum absolute atomic E-state index is 12.6. The third-order valence-corrected chi connectivity index (χ3v) is 5.69. The molecular formula is C18H19N3O6S. The summed E-state index contributed by atoms with van der Waals surface area (Å²) in [7, 11) is 0. The van der Waals surface area contributed by atoms with Gasteiger partial charge in [0.05, 0.1) is 9.83 Å². The average Bonchev–Trinajstić information content (AvgIpc) is 2.90.